The first-order valence-electron chi connectivity index (χ1n) is 7.20. The molecule has 0 aliphatic heterocycles. The highest BCUT2D eigenvalue weighted by Gasteiger charge is 2.21. The number of hydrogen-bond donors (Lipinski definition) is 0. The first-order chi connectivity index (χ1) is 10.3. The molecule has 0 heterocycles. The van der Waals surface area contributed by atoms with Crippen LogP contribution in [-0.2, 0) is 0 Å². The van der Waals surface area contributed by atoms with E-state index in [9.17, 15) is 0 Å². The van der Waals surface area contributed by atoms with E-state index in [1.165, 1.54) is 37.5 Å². The van der Waals surface area contributed by atoms with Gasteiger partial charge >= 0.3 is 0 Å². The van der Waals surface area contributed by atoms with Crippen LogP contribution in [0.1, 0.15) is 28.2 Å². The average Bonchev–Trinajstić information content (AvgIpc) is 2.95. The molecule has 3 aromatic rings. The number of halogens is 1. The molecule has 102 valence electrons. The summed E-state index contributed by atoms with van der Waals surface area (Å²) in [5.74, 6) is 0.359. The van der Waals surface area contributed by atoms with Crippen LogP contribution in [0.4, 0.5) is 0 Å². The Balaban J connectivity index is 2.01. The van der Waals surface area contributed by atoms with Crippen molar-refractivity contribution in [1.82, 2.24) is 0 Å². The van der Waals surface area contributed by atoms with Crippen molar-refractivity contribution in [2.75, 3.05) is 0 Å². The molecule has 0 nitrogen and oxygen atoms in total. The van der Waals surface area contributed by atoms with Gasteiger partial charge in [-0.3, -0.25) is 0 Å². The van der Waals surface area contributed by atoms with Crippen molar-refractivity contribution in [3.63, 3.8) is 0 Å². The summed E-state index contributed by atoms with van der Waals surface area (Å²) in [6, 6.07) is 19.6. The van der Waals surface area contributed by atoms with Crippen LogP contribution < -0.4 is 0 Å². The van der Waals surface area contributed by atoms with E-state index in [1.807, 2.05) is 0 Å². The van der Waals surface area contributed by atoms with Crippen molar-refractivity contribution in [1.29, 1.82) is 0 Å². The summed E-state index contributed by atoms with van der Waals surface area (Å²) >= 11 is 3.74. The van der Waals surface area contributed by atoms with E-state index in [-0.39, 0.29) is 0 Å². The van der Waals surface area contributed by atoms with Crippen molar-refractivity contribution in [2.24, 2.45) is 0 Å². The second kappa shape index (κ2) is 4.85. The molecule has 0 saturated heterocycles. The summed E-state index contributed by atoms with van der Waals surface area (Å²) in [7, 11) is 0. The molecule has 1 unspecified atom stereocenters. The number of benzene rings is 3. The van der Waals surface area contributed by atoms with Gasteiger partial charge < -0.3 is 0 Å². The molecule has 3 aromatic carbocycles. The average molecular weight is 335 g/mol. The summed E-state index contributed by atoms with van der Waals surface area (Å²) in [6.45, 7) is 2.17. The summed E-state index contributed by atoms with van der Waals surface area (Å²) in [4.78, 5) is 0. The normalized spacial score (nSPS) is 16.4. The van der Waals surface area contributed by atoms with Crippen LogP contribution in [-0.4, -0.2) is 0 Å². The standard InChI is InChI=1S/C20H15Br/c1-13-12-19(16-8-4-5-9-18(16)20(13)21)17-11-10-14-6-2-3-7-15(14)17/h2-12,17H,1H3. The summed E-state index contributed by atoms with van der Waals surface area (Å²) in [5.41, 5.74) is 5.44. The number of hydrogen-bond acceptors (Lipinski definition) is 0. The summed E-state index contributed by atoms with van der Waals surface area (Å²) < 4.78 is 1.21. The minimum Gasteiger partial charge on any atom is -0.0720 e. The fourth-order valence-corrected chi connectivity index (χ4v) is 3.75. The highest BCUT2D eigenvalue weighted by molar-refractivity contribution is 9.10. The van der Waals surface area contributed by atoms with E-state index in [4.69, 9.17) is 0 Å². The van der Waals surface area contributed by atoms with Crippen LogP contribution in [0.25, 0.3) is 16.8 Å². The number of allylic oxidation sites excluding steroid dienone is 1. The van der Waals surface area contributed by atoms with Crippen molar-refractivity contribution < 1.29 is 0 Å². The topological polar surface area (TPSA) is 0 Å². The maximum absolute atomic E-state index is 3.74. The van der Waals surface area contributed by atoms with E-state index in [1.54, 1.807) is 0 Å². The highest BCUT2D eigenvalue weighted by atomic mass is 79.9. The van der Waals surface area contributed by atoms with Gasteiger partial charge in [0.05, 0.1) is 0 Å². The van der Waals surface area contributed by atoms with Crippen LogP contribution in [0.3, 0.4) is 0 Å². The second-order valence-electron chi connectivity index (χ2n) is 5.61. The molecule has 0 spiro atoms. The lowest BCUT2D eigenvalue weighted by Crippen LogP contribution is -1.98. The molecule has 0 bridgehead atoms. The molecular formula is C20H15Br. The molecule has 1 heteroatoms. The zero-order valence-corrected chi connectivity index (χ0v) is 13.4. The van der Waals surface area contributed by atoms with E-state index in [0.29, 0.717) is 5.92 Å². The van der Waals surface area contributed by atoms with Gasteiger partial charge in [-0.25, -0.2) is 0 Å². The van der Waals surface area contributed by atoms with Crippen molar-refractivity contribution in [3.05, 3.63) is 87.4 Å². The van der Waals surface area contributed by atoms with E-state index < -0.39 is 0 Å². The first-order valence-corrected chi connectivity index (χ1v) is 8.00. The maximum Gasteiger partial charge on any atom is 0.0285 e. The quantitative estimate of drug-likeness (QED) is 0.506. The third kappa shape index (κ3) is 1.96. The fraction of sp³-hybridized carbons (Fsp3) is 0.100. The molecule has 1 aliphatic rings. The van der Waals surface area contributed by atoms with Gasteiger partial charge in [0.2, 0.25) is 0 Å². The summed E-state index contributed by atoms with van der Waals surface area (Å²) in [6.07, 6.45) is 4.56. The lowest BCUT2D eigenvalue weighted by atomic mass is 9.88. The Labute approximate surface area is 133 Å². The van der Waals surface area contributed by atoms with Gasteiger partial charge in [0, 0.05) is 10.4 Å². The molecule has 1 atom stereocenters. The van der Waals surface area contributed by atoms with Gasteiger partial charge in [-0.05, 0) is 55.9 Å². The van der Waals surface area contributed by atoms with Crippen LogP contribution in [0.2, 0.25) is 0 Å². The minimum atomic E-state index is 0.359. The Kier molecular flexibility index (Phi) is 2.97. The SMILES string of the molecule is Cc1cc(C2C=Cc3ccccc32)c2ccccc2c1Br. The number of rotatable bonds is 1. The summed E-state index contributed by atoms with van der Waals surface area (Å²) in [5, 5.41) is 2.63. The largest absolute Gasteiger partial charge is 0.0720 e. The predicted molar refractivity (Wildman–Crippen MR) is 93.7 cm³/mol. The Morgan fingerprint density at radius 2 is 1.57 bits per heavy atom. The fourth-order valence-electron chi connectivity index (χ4n) is 3.29. The molecule has 0 amide bonds. The van der Waals surface area contributed by atoms with Crippen molar-refractivity contribution in [2.45, 2.75) is 12.8 Å². The Morgan fingerprint density at radius 1 is 0.857 bits per heavy atom. The van der Waals surface area contributed by atoms with Gasteiger partial charge in [0.15, 0.2) is 0 Å². The first kappa shape index (κ1) is 12.8. The second-order valence-corrected chi connectivity index (χ2v) is 6.40. The monoisotopic (exact) mass is 334 g/mol. The zero-order chi connectivity index (χ0) is 14.4. The maximum atomic E-state index is 3.74. The lowest BCUT2D eigenvalue weighted by Gasteiger charge is -2.17. The van der Waals surface area contributed by atoms with Crippen LogP contribution in [0.5, 0.6) is 0 Å². The lowest BCUT2D eigenvalue weighted by molar-refractivity contribution is 1.06. The van der Waals surface area contributed by atoms with Crippen molar-refractivity contribution in [3.8, 4) is 0 Å². The third-order valence-corrected chi connectivity index (χ3v) is 5.38. The molecule has 0 aromatic heterocycles. The van der Waals surface area contributed by atoms with E-state index in [2.05, 4.69) is 89.6 Å². The molecule has 0 radical (unpaired) electrons. The Hall–Kier alpha value is -1.86. The van der Waals surface area contributed by atoms with Gasteiger partial charge in [-0.1, -0.05) is 66.7 Å². The number of fused-ring (bicyclic) bond motifs is 2. The van der Waals surface area contributed by atoms with Crippen LogP contribution in [0, 0.1) is 6.92 Å². The Bertz CT molecular complexity index is 874. The molecule has 0 N–H and O–H groups in total. The third-order valence-electron chi connectivity index (χ3n) is 4.33. The van der Waals surface area contributed by atoms with E-state index in [0.717, 1.165) is 0 Å². The van der Waals surface area contributed by atoms with Crippen molar-refractivity contribution >= 4 is 32.8 Å². The molecule has 0 saturated carbocycles. The van der Waals surface area contributed by atoms with Gasteiger partial charge in [0.1, 0.15) is 0 Å². The van der Waals surface area contributed by atoms with Crippen LogP contribution >= 0.6 is 15.9 Å². The van der Waals surface area contributed by atoms with Gasteiger partial charge in [0.25, 0.3) is 0 Å². The molecule has 1 aliphatic carbocycles. The van der Waals surface area contributed by atoms with Gasteiger partial charge in [-0.2, -0.15) is 0 Å². The molecular weight excluding hydrogens is 320 g/mol. The van der Waals surface area contributed by atoms with E-state index >= 15 is 0 Å². The number of aryl methyl sites for hydroxylation is 1. The molecule has 21 heavy (non-hydrogen) atoms. The Morgan fingerprint density at radius 3 is 2.43 bits per heavy atom. The van der Waals surface area contributed by atoms with Gasteiger partial charge in [-0.15, -0.1) is 0 Å². The predicted octanol–water partition coefficient (Wildman–Crippen LogP) is 6.07. The smallest absolute Gasteiger partial charge is 0.0285 e. The van der Waals surface area contributed by atoms with Crippen LogP contribution in [0.15, 0.2) is 65.1 Å². The minimum absolute atomic E-state index is 0.359. The highest BCUT2D eigenvalue weighted by Crippen LogP contribution is 2.41. The zero-order valence-electron chi connectivity index (χ0n) is 11.8. The molecule has 0 fully saturated rings. The molecule has 4 rings (SSSR count).